The number of H-pyrrole nitrogens is 1. The molecule has 1 fully saturated rings. The van der Waals surface area contributed by atoms with Gasteiger partial charge in [0.15, 0.2) is 5.13 Å². The van der Waals surface area contributed by atoms with Crippen molar-refractivity contribution in [3.63, 3.8) is 0 Å². The van der Waals surface area contributed by atoms with Crippen LogP contribution in [-0.2, 0) is 13.0 Å². The lowest BCUT2D eigenvalue weighted by molar-refractivity contribution is 0.0731. The number of aromatic amines is 1. The van der Waals surface area contributed by atoms with Crippen molar-refractivity contribution in [3.8, 4) is 0 Å². The Morgan fingerprint density at radius 3 is 2.89 bits per heavy atom. The first-order valence-electron chi connectivity index (χ1n) is 9.96. The van der Waals surface area contributed by atoms with Crippen LogP contribution < -0.4 is 5.32 Å². The predicted octanol–water partition coefficient (Wildman–Crippen LogP) is 3.54. The molecule has 3 heterocycles. The number of para-hydroxylation sites is 1. The van der Waals surface area contributed by atoms with E-state index in [1.807, 2.05) is 35.2 Å². The van der Waals surface area contributed by atoms with Gasteiger partial charge in [0.1, 0.15) is 5.69 Å². The topological polar surface area (TPSA) is 81.2 Å². The lowest BCUT2D eigenvalue weighted by atomic mass is 9.93. The number of amides is 1. The summed E-state index contributed by atoms with van der Waals surface area (Å²) in [6.45, 7) is 1.31. The van der Waals surface area contributed by atoms with Gasteiger partial charge in [-0.25, -0.2) is 4.98 Å². The van der Waals surface area contributed by atoms with Gasteiger partial charge in [-0.2, -0.15) is 0 Å². The maximum atomic E-state index is 13.0. The van der Waals surface area contributed by atoms with Gasteiger partial charge in [-0.15, -0.1) is 0 Å². The molecule has 2 aromatic heterocycles. The first-order chi connectivity index (χ1) is 13.7. The van der Waals surface area contributed by atoms with Gasteiger partial charge >= 0.3 is 0 Å². The zero-order valence-corrected chi connectivity index (χ0v) is 16.5. The van der Waals surface area contributed by atoms with Crippen molar-refractivity contribution in [2.24, 2.45) is 0 Å². The molecule has 1 aromatic carbocycles. The number of aliphatic hydroxyl groups excluding tert-OH is 1. The molecule has 5 rings (SSSR count). The fourth-order valence-electron chi connectivity index (χ4n) is 4.18. The number of hydrogen-bond donors (Lipinski definition) is 3. The van der Waals surface area contributed by atoms with Crippen LogP contribution in [0.5, 0.6) is 0 Å². The van der Waals surface area contributed by atoms with E-state index in [0.717, 1.165) is 53.8 Å². The summed E-state index contributed by atoms with van der Waals surface area (Å²) in [6.07, 6.45) is 4.33. The van der Waals surface area contributed by atoms with E-state index >= 15 is 0 Å². The molecule has 0 bridgehead atoms. The third kappa shape index (κ3) is 3.40. The number of aromatic nitrogens is 2. The summed E-state index contributed by atoms with van der Waals surface area (Å²) in [4.78, 5) is 24.1. The van der Waals surface area contributed by atoms with E-state index in [9.17, 15) is 9.90 Å². The number of carbonyl (C=O) groups excluding carboxylic acids is 1. The summed E-state index contributed by atoms with van der Waals surface area (Å²) in [5.74, 6) is 0.0472. The number of nitrogens with zero attached hydrogens (tertiary/aromatic N) is 2. The summed E-state index contributed by atoms with van der Waals surface area (Å²) in [5.41, 5.74) is 2.75. The average molecular weight is 397 g/mol. The molecule has 1 aliphatic heterocycles. The smallest absolute Gasteiger partial charge is 0.270 e. The van der Waals surface area contributed by atoms with Crippen molar-refractivity contribution >= 4 is 33.3 Å². The monoisotopic (exact) mass is 396 g/mol. The van der Waals surface area contributed by atoms with E-state index in [-0.39, 0.29) is 12.0 Å². The highest BCUT2D eigenvalue weighted by Gasteiger charge is 2.27. The Hall–Kier alpha value is -2.38. The summed E-state index contributed by atoms with van der Waals surface area (Å²) < 4.78 is 0. The summed E-state index contributed by atoms with van der Waals surface area (Å²) in [6, 6.07) is 10.3. The van der Waals surface area contributed by atoms with E-state index < -0.39 is 0 Å². The molecule has 0 spiro atoms. The van der Waals surface area contributed by atoms with Crippen molar-refractivity contribution < 1.29 is 9.90 Å². The molecular weight excluding hydrogens is 372 g/mol. The van der Waals surface area contributed by atoms with Crippen molar-refractivity contribution in [3.05, 3.63) is 46.6 Å². The second-order valence-corrected chi connectivity index (χ2v) is 8.87. The van der Waals surface area contributed by atoms with Crippen LogP contribution in [0.25, 0.3) is 10.9 Å². The lowest BCUT2D eigenvalue weighted by Crippen LogP contribution is -2.35. The van der Waals surface area contributed by atoms with Crippen molar-refractivity contribution in [1.29, 1.82) is 0 Å². The van der Waals surface area contributed by atoms with Gasteiger partial charge < -0.3 is 20.3 Å². The highest BCUT2D eigenvalue weighted by molar-refractivity contribution is 7.15. The number of aliphatic hydroxyl groups is 1. The Labute approximate surface area is 167 Å². The van der Waals surface area contributed by atoms with Gasteiger partial charge in [-0.3, -0.25) is 4.79 Å². The number of fused-ring (bicyclic) bond motifs is 2. The molecule has 1 aliphatic carbocycles. The molecule has 1 saturated carbocycles. The van der Waals surface area contributed by atoms with Crippen LogP contribution in [0.15, 0.2) is 30.3 Å². The van der Waals surface area contributed by atoms with Crippen LogP contribution in [0, 0.1) is 0 Å². The zero-order valence-electron chi connectivity index (χ0n) is 15.6. The van der Waals surface area contributed by atoms with Gasteiger partial charge in [0.25, 0.3) is 5.91 Å². The summed E-state index contributed by atoms with van der Waals surface area (Å²) in [7, 11) is 0. The van der Waals surface area contributed by atoms with Gasteiger partial charge in [0, 0.05) is 34.8 Å². The standard InChI is InChI=1S/C21H24N4O2S/c26-15-7-5-14(6-8-15)22-21-24-17-9-10-25(12-19(17)28-21)20(27)18-11-13-3-1-2-4-16(13)23-18/h1-4,11,14-15,23,26H,5-10,12H2,(H,22,24). The number of anilines is 1. The van der Waals surface area contributed by atoms with Crippen molar-refractivity contribution in [2.75, 3.05) is 11.9 Å². The van der Waals surface area contributed by atoms with Crippen molar-refractivity contribution in [1.82, 2.24) is 14.9 Å². The third-order valence-corrected chi connectivity index (χ3v) is 6.82. The Balaban J connectivity index is 1.28. The van der Waals surface area contributed by atoms with Gasteiger partial charge in [-0.1, -0.05) is 29.5 Å². The molecule has 0 radical (unpaired) electrons. The number of nitrogens with one attached hydrogen (secondary N) is 2. The van der Waals surface area contributed by atoms with E-state index in [1.54, 1.807) is 11.3 Å². The molecule has 28 heavy (non-hydrogen) atoms. The summed E-state index contributed by atoms with van der Waals surface area (Å²) >= 11 is 1.66. The molecule has 6 nitrogen and oxygen atoms in total. The zero-order chi connectivity index (χ0) is 19.1. The van der Waals surface area contributed by atoms with Gasteiger partial charge in [-0.05, 0) is 37.8 Å². The summed E-state index contributed by atoms with van der Waals surface area (Å²) in [5, 5.41) is 15.2. The number of hydrogen-bond acceptors (Lipinski definition) is 5. The normalized spacial score (nSPS) is 22.2. The van der Waals surface area contributed by atoms with Crippen LogP contribution in [0.2, 0.25) is 0 Å². The van der Waals surface area contributed by atoms with Crippen molar-refractivity contribution in [2.45, 2.75) is 50.8 Å². The Kier molecular flexibility index (Phi) is 4.56. The third-order valence-electron chi connectivity index (χ3n) is 5.80. The number of thiazole rings is 1. The highest BCUT2D eigenvalue weighted by atomic mass is 32.1. The second-order valence-electron chi connectivity index (χ2n) is 7.79. The largest absolute Gasteiger partial charge is 0.393 e. The highest BCUT2D eigenvalue weighted by Crippen LogP contribution is 2.31. The fourth-order valence-corrected chi connectivity index (χ4v) is 5.28. The minimum absolute atomic E-state index is 0.0472. The number of rotatable bonds is 3. The maximum Gasteiger partial charge on any atom is 0.270 e. The minimum atomic E-state index is -0.147. The molecule has 3 aromatic rings. The Morgan fingerprint density at radius 1 is 1.25 bits per heavy atom. The predicted molar refractivity (Wildman–Crippen MR) is 111 cm³/mol. The number of carbonyl (C=O) groups is 1. The van der Waals surface area contributed by atoms with Crippen LogP contribution in [0.3, 0.4) is 0 Å². The second kappa shape index (κ2) is 7.22. The molecular formula is C21H24N4O2S. The van der Waals surface area contributed by atoms with Crippen LogP contribution in [0.4, 0.5) is 5.13 Å². The molecule has 0 saturated heterocycles. The lowest BCUT2D eigenvalue weighted by Gasteiger charge is -2.25. The maximum absolute atomic E-state index is 13.0. The molecule has 0 unspecified atom stereocenters. The molecule has 3 N–H and O–H groups in total. The van der Waals surface area contributed by atoms with E-state index in [0.29, 0.717) is 24.8 Å². The molecule has 7 heteroatoms. The average Bonchev–Trinajstić information content (AvgIpc) is 3.32. The fraction of sp³-hybridized carbons (Fsp3) is 0.429. The first-order valence-corrected chi connectivity index (χ1v) is 10.8. The first kappa shape index (κ1) is 17.7. The van der Waals surface area contributed by atoms with E-state index in [4.69, 9.17) is 4.98 Å². The van der Waals surface area contributed by atoms with Crippen LogP contribution >= 0.6 is 11.3 Å². The Bertz CT molecular complexity index is 970. The minimum Gasteiger partial charge on any atom is -0.393 e. The number of benzene rings is 1. The van der Waals surface area contributed by atoms with Gasteiger partial charge in [0.2, 0.25) is 0 Å². The van der Waals surface area contributed by atoms with Crippen LogP contribution in [0.1, 0.15) is 46.7 Å². The molecule has 146 valence electrons. The van der Waals surface area contributed by atoms with E-state index in [2.05, 4.69) is 10.3 Å². The van der Waals surface area contributed by atoms with Crippen LogP contribution in [-0.4, -0.2) is 44.6 Å². The van der Waals surface area contributed by atoms with Gasteiger partial charge in [0.05, 0.1) is 18.3 Å². The molecule has 1 amide bonds. The Morgan fingerprint density at radius 2 is 2.07 bits per heavy atom. The van der Waals surface area contributed by atoms with E-state index in [1.165, 1.54) is 4.88 Å². The SMILES string of the molecule is O=C(c1cc2ccccc2[nH]1)N1CCc2nc(NC3CCC(O)CC3)sc2C1. The molecule has 0 atom stereocenters. The molecule has 2 aliphatic rings. The quantitative estimate of drug-likeness (QED) is 0.633.